The molecule has 1 rings (SSSR count). The lowest BCUT2D eigenvalue weighted by atomic mass is 10.3. The Kier molecular flexibility index (Phi) is 4.72. The van der Waals surface area contributed by atoms with E-state index in [1.807, 2.05) is 6.08 Å². The van der Waals surface area contributed by atoms with Crippen molar-refractivity contribution in [2.24, 2.45) is 0 Å². The smallest absolute Gasteiger partial charge is 0.218 e. The summed E-state index contributed by atoms with van der Waals surface area (Å²) in [5.74, 6) is 0.527. The van der Waals surface area contributed by atoms with Crippen LogP contribution in [0, 0.1) is 0 Å². The van der Waals surface area contributed by atoms with Gasteiger partial charge in [-0.2, -0.15) is 0 Å². The summed E-state index contributed by atoms with van der Waals surface area (Å²) in [5, 5.41) is 8.98. The molecule has 0 saturated heterocycles. The molecule has 0 radical (unpaired) electrons. The molecule has 0 spiro atoms. The number of aromatic nitrogens is 1. The van der Waals surface area contributed by atoms with Gasteiger partial charge in [0.1, 0.15) is 0 Å². The molecule has 3 heteroatoms. The number of unbranched alkanes of at least 4 members (excludes halogenated alkanes) is 1. The minimum Gasteiger partial charge on any atom is -0.477 e. The Labute approximate surface area is 84.1 Å². The molecule has 0 aliphatic carbocycles. The Balaban J connectivity index is 2.44. The second-order valence-electron chi connectivity index (χ2n) is 2.91. The molecule has 1 N–H and O–H groups in total. The van der Waals surface area contributed by atoms with Crippen LogP contribution < -0.4 is 4.74 Å². The second kappa shape index (κ2) is 6.16. The van der Waals surface area contributed by atoms with Crippen LogP contribution in [0.2, 0.25) is 0 Å². The van der Waals surface area contributed by atoms with Crippen molar-refractivity contribution in [2.45, 2.75) is 19.4 Å². The first kappa shape index (κ1) is 10.7. The Morgan fingerprint density at radius 1 is 1.57 bits per heavy atom. The molecule has 1 aromatic heterocycles. The molecule has 0 aliphatic heterocycles. The second-order valence-corrected chi connectivity index (χ2v) is 2.91. The average molecular weight is 193 g/mol. The van der Waals surface area contributed by atoms with Gasteiger partial charge in [0.05, 0.1) is 13.2 Å². The molecule has 3 nitrogen and oxygen atoms in total. The van der Waals surface area contributed by atoms with E-state index in [9.17, 15) is 0 Å². The molecule has 0 atom stereocenters. The van der Waals surface area contributed by atoms with Gasteiger partial charge in [-0.1, -0.05) is 6.08 Å². The van der Waals surface area contributed by atoms with Crippen molar-refractivity contribution in [3.8, 4) is 5.88 Å². The van der Waals surface area contributed by atoms with Crippen LogP contribution in [-0.4, -0.2) is 16.7 Å². The van der Waals surface area contributed by atoms with Crippen molar-refractivity contribution in [2.75, 3.05) is 6.61 Å². The van der Waals surface area contributed by atoms with E-state index in [0.29, 0.717) is 12.5 Å². The lowest BCUT2D eigenvalue weighted by Gasteiger charge is -2.07. The zero-order chi connectivity index (χ0) is 10.2. The van der Waals surface area contributed by atoms with Crippen LogP contribution in [0.5, 0.6) is 5.88 Å². The monoisotopic (exact) mass is 193 g/mol. The number of rotatable bonds is 6. The highest BCUT2D eigenvalue weighted by Gasteiger charge is 2.01. The summed E-state index contributed by atoms with van der Waals surface area (Å²) in [6.45, 7) is 4.20. The van der Waals surface area contributed by atoms with Gasteiger partial charge < -0.3 is 9.84 Å². The molecular weight excluding hydrogens is 178 g/mol. The number of aliphatic hydroxyl groups is 1. The van der Waals surface area contributed by atoms with E-state index in [1.54, 1.807) is 18.3 Å². The molecule has 0 aromatic carbocycles. The van der Waals surface area contributed by atoms with Gasteiger partial charge in [0, 0.05) is 11.8 Å². The largest absolute Gasteiger partial charge is 0.477 e. The molecule has 0 fully saturated rings. The number of hydrogen-bond donors (Lipinski definition) is 1. The molecule has 1 heterocycles. The molecular formula is C11H15NO2. The number of pyridine rings is 1. The fourth-order valence-electron chi connectivity index (χ4n) is 1.07. The van der Waals surface area contributed by atoms with Gasteiger partial charge in [-0.05, 0) is 25.0 Å². The number of ether oxygens (including phenoxy) is 1. The molecule has 0 saturated carbocycles. The van der Waals surface area contributed by atoms with Crippen molar-refractivity contribution < 1.29 is 9.84 Å². The summed E-state index contributed by atoms with van der Waals surface area (Å²) in [4.78, 5) is 4.04. The lowest BCUT2D eigenvalue weighted by molar-refractivity contribution is 0.256. The van der Waals surface area contributed by atoms with Crippen molar-refractivity contribution in [3.05, 3.63) is 36.5 Å². The van der Waals surface area contributed by atoms with E-state index < -0.39 is 0 Å². The average Bonchev–Trinajstić information content (AvgIpc) is 2.25. The van der Waals surface area contributed by atoms with Crippen LogP contribution in [0.4, 0.5) is 0 Å². The zero-order valence-corrected chi connectivity index (χ0v) is 8.15. The Hall–Kier alpha value is -1.35. The summed E-state index contributed by atoms with van der Waals surface area (Å²) >= 11 is 0. The van der Waals surface area contributed by atoms with E-state index >= 15 is 0 Å². The van der Waals surface area contributed by atoms with Crippen LogP contribution >= 0.6 is 0 Å². The van der Waals surface area contributed by atoms with Crippen molar-refractivity contribution >= 4 is 0 Å². The van der Waals surface area contributed by atoms with Gasteiger partial charge >= 0.3 is 0 Å². The molecule has 0 bridgehead atoms. The SMILES string of the molecule is C=CCCCOc1ncccc1CO. The molecule has 0 unspecified atom stereocenters. The maximum Gasteiger partial charge on any atom is 0.218 e. The minimum atomic E-state index is -0.0371. The minimum absolute atomic E-state index is 0.0371. The first-order chi connectivity index (χ1) is 6.88. The third-order valence-corrected chi connectivity index (χ3v) is 1.81. The summed E-state index contributed by atoms with van der Waals surface area (Å²) in [5.41, 5.74) is 0.728. The topological polar surface area (TPSA) is 42.4 Å². The number of allylic oxidation sites excluding steroid dienone is 1. The third-order valence-electron chi connectivity index (χ3n) is 1.81. The summed E-state index contributed by atoms with van der Waals surface area (Å²) in [7, 11) is 0. The van der Waals surface area contributed by atoms with Crippen LogP contribution in [0.3, 0.4) is 0 Å². The predicted molar refractivity (Wildman–Crippen MR) is 55.1 cm³/mol. The lowest BCUT2D eigenvalue weighted by Crippen LogP contribution is -2.01. The first-order valence-electron chi connectivity index (χ1n) is 4.67. The Bertz CT molecular complexity index is 286. The van der Waals surface area contributed by atoms with Crippen LogP contribution in [0.1, 0.15) is 18.4 Å². The van der Waals surface area contributed by atoms with Gasteiger partial charge in [-0.25, -0.2) is 4.98 Å². The van der Waals surface area contributed by atoms with Crippen molar-refractivity contribution in [1.29, 1.82) is 0 Å². The standard InChI is InChI=1S/C11H15NO2/c1-2-3-4-8-14-11-10(9-13)6-5-7-12-11/h2,5-7,13H,1,3-4,8-9H2. The number of nitrogens with zero attached hydrogens (tertiary/aromatic N) is 1. The fourth-order valence-corrected chi connectivity index (χ4v) is 1.07. The van der Waals surface area contributed by atoms with Gasteiger partial charge in [0.2, 0.25) is 5.88 Å². The summed E-state index contributed by atoms with van der Waals surface area (Å²) in [6.07, 6.45) is 5.36. The van der Waals surface area contributed by atoms with Gasteiger partial charge in [0.15, 0.2) is 0 Å². The van der Waals surface area contributed by atoms with Crippen LogP contribution in [0.25, 0.3) is 0 Å². The van der Waals surface area contributed by atoms with Crippen molar-refractivity contribution in [3.63, 3.8) is 0 Å². The quantitative estimate of drug-likeness (QED) is 0.554. The maximum atomic E-state index is 8.98. The highest BCUT2D eigenvalue weighted by atomic mass is 16.5. The summed E-state index contributed by atoms with van der Waals surface area (Å²) in [6, 6.07) is 3.58. The maximum absolute atomic E-state index is 8.98. The van der Waals surface area contributed by atoms with E-state index in [1.165, 1.54) is 0 Å². The van der Waals surface area contributed by atoms with Crippen LogP contribution in [0.15, 0.2) is 31.0 Å². The summed E-state index contributed by atoms with van der Waals surface area (Å²) < 4.78 is 5.41. The molecule has 0 aliphatic rings. The molecule has 14 heavy (non-hydrogen) atoms. The molecule has 76 valence electrons. The fraction of sp³-hybridized carbons (Fsp3) is 0.364. The van der Waals surface area contributed by atoms with Crippen molar-refractivity contribution in [1.82, 2.24) is 4.98 Å². The van der Waals surface area contributed by atoms with E-state index in [0.717, 1.165) is 18.4 Å². The Morgan fingerprint density at radius 2 is 2.43 bits per heavy atom. The molecule has 0 amide bonds. The van der Waals surface area contributed by atoms with Gasteiger partial charge in [-0.15, -0.1) is 6.58 Å². The van der Waals surface area contributed by atoms with E-state index in [2.05, 4.69) is 11.6 Å². The highest BCUT2D eigenvalue weighted by Crippen LogP contribution is 2.14. The third kappa shape index (κ3) is 3.18. The van der Waals surface area contributed by atoms with Crippen LogP contribution in [-0.2, 0) is 6.61 Å². The van der Waals surface area contributed by atoms with E-state index in [-0.39, 0.29) is 6.61 Å². The number of hydrogen-bond acceptors (Lipinski definition) is 3. The van der Waals surface area contributed by atoms with Gasteiger partial charge in [-0.3, -0.25) is 0 Å². The van der Waals surface area contributed by atoms with E-state index in [4.69, 9.17) is 9.84 Å². The highest BCUT2D eigenvalue weighted by molar-refractivity contribution is 5.24. The first-order valence-corrected chi connectivity index (χ1v) is 4.67. The number of aliphatic hydroxyl groups excluding tert-OH is 1. The normalized spacial score (nSPS) is 9.79. The Morgan fingerprint density at radius 3 is 3.14 bits per heavy atom. The molecule has 1 aromatic rings. The van der Waals surface area contributed by atoms with Gasteiger partial charge in [0.25, 0.3) is 0 Å². The zero-order valence-electron chi connectivity index (χ0n) is 8.15. The predicted octanol–water partition coefficient (Wildman–Crippen LogP) is 1.92.